The summed E-state index contributed by atoms with van der Waals surface area (Å²) in [5.74, 6) is 0.889. The van der Waals surface area contributed by atoms with Gasteiger partial charge >= 0.3 is 0 Å². The zero-order valence-electron chi connectivity index (χ0n) is 12.4. The molecule has 0 aliphatic carbocycles. The monoisotopic (exact) mass is 291 g/mol. The van der Waals surface area contributed by atoms with Gasteiger partial charge in [0.15, 0.2) is 0 Å². The zero-order chi connectivity index (χ0) is 14.6. The van der Waals surface area contributed by atoms with Gasteiger partial charge in [0.05, 0.1) is 7.11 Å². The van der Waals surface area contributed by atoms with Gasteiger partial charge in [0.25, 0.3) is 0 Å². The number of hydrogen-bond acceptors (Lipinski definition) is 5. The number of aromatic nitrogens is 2. The van der Waals surface area contributed by atoms with E-state index in [0.717, 1.165) is 28.9 Å². The Morgan fingerprint density at radius 3 is 2.40 bits per heavy atom. The molecule has 5 heteroatoms. The first-order chi connectivity index (χ1) is 9.49. The highest BCUT2D eigenvalue weighted by Gasteiger charge is 2.19. The lowest BCUT2D eigenvalue weighted by molar-refractivity contribution is 0.414. The predicted octanol–water partition coefficient (Wildman–Crippen LogP) is 3.50. The van der Waals surface area contributed by atoms with Crippen molar-refractivity contribution in [3.8, 4) is 5.75 Å². The van der Waals surface area contributed by atoms with Crippen molar-refractivity contribution in [1.29, 1.82) is 0 Å². The first-order valence-electron chi connectivity index (χ1n) is 6.70. The summed E-state index contributed by atoms with van der Waals surface area (Å²) < 4.78 is 5.15. The van der Waals surface area contributed by atoms with Gasteiger partial charge in [-0.05, 0) is 24.1 Å². The maximum absolute atomic E-state index is 5.15. The van der Waals surface area contributed by atoms with Gasteiger partial charge in [-0.25, -0.2) is 0 Å². The average Bonchev–Trinajstić information content (AvgIpc) is 2.88. The molecule has 0 amide bonds. The summed E-state index contributed by atoms with van der Waals surface area (Å²) in [5.41, 5.74) is 1.34. The Bertz CT molecular complexity index is 543. The molecule has 1 heterocycles. The van der Waals surface area contributed by atoms with Crippen LogP contribution in [0, 0.1) is 0 Å². The standard InChI is InChI=1S/C15H21N3OS/c1-15(2,3)13-17-18-14(20-13)16-10-9-11-5-7-12(19-4)8-6-11/h5-8H,9-10H2,1-4H3,(H,16,18). The summed E-state index contributed by atoms with van der Waals surface area (Å²) in [6.07, 6.45) is 0.953. The molecule has 2 rings (SSSR count). The molecule has 20 heavy (non-hydrogen) atoms. The molecule has 0 atom stereocenters. The summed E-state index contributed by atoms with van der Waals surface area (Å²) in [6, 6.07) is 8.14. The van der Waals surface area contributed by atoms with E-state index in [9.17, 15) is 0 Å². The third-order valence-corrected chi connectivity index (χ3v) is 4.22. The summed E-state index contributed by atoms with van der Waals surface area (Å²) in [6.45, 7) is 7.29. The Morgan fingerprint density at radius 2 is 1.85 bits per heavy atom. The van der Waals surface area contributed by atoms with Crippen LogP contribution in [-0.2, 0) is 11.8 Å². The SMILES string of the molecule is COc1ccc(CCNc2nnc(C(C)(C)C)s2)cc1. The topological polar surface area (TPSA) is 47.0 Å². The van der Waals surface area contributed by atoms with E-state index in [1.807, 2.05) is 12.1 Å². The summed E-state index contributed by atoms with van der Waals surface area (Å²) >= 11 is 1.63. The van der Waals surface area contributed by atoms with Crippen LogP contribution in [0.25, 0.3) is 0 Å². The summed E-state index contributed by atoms with van der Waals surface area (Å²) in [7, 11) is 1.68. The molecular weight excluding hydrogens is 270 g/mol. The Morgan fingerprint density at radius 1 is 1.15 bits per heavy atom. The van der Waals surface area contributed by atoms with Crippen LogP contribution in [0.15, 0.2) is 24.3 Å². The largest absolute Gasteiger partial charge is 0.497 e. The predicted molar refractivity (Wildman–Crippen MR) is 83.8 cm³/mol. The second kappa shape index (κ2) is 6.22. The second-order valence-corrected chi connectivity index (χ2v) is 6.66. The van der Waals surface area contributed by atoms with E-state index < -0.39 is 0 Å². The molecule has 0 fully saturated rings. The number of nitrogens with zero attached hydrogens (tertiary/aromatic N) is 2. The fourth-order valence-corrected chi connectivity index (χ4v) is 2.53. The molecule has 0 aliphatic rings. The Kier molecular flexibility index (Phi) is 4.60. The maximum Gasteiger partial charge on any atom is 0.205 e. The highest BCUT2D eigenvalue weighted by atomic mass is 32.1. The van der Waals surface area contributed by atoms with Crippen molar-refractivity contribution in [1.82, 2.24) is 10.2 Å². The fraction of sp³-hybridized carbons (Fsp3) is 0.467. The highest BCUT2D eigenvalue weighted by molar-refractivity contribution is 7.15. The molecule has 2 aromatic rings. The van der Waals surface area contributed by atoms with Crippen LogP contribution in [0.3, 0.4) is 0 Å². The smallest absolute Gasteiger partial charge is 0.205 e. The number of hydrogen-bond donors (Lipinski definition) is 1. The first kappa shape index (κ1) is 14.8. The van der Waals surface area contributed by atoms with Gasteiger partial charge in [-0.15, -0.1) is 10.2 Å². The van der Waals surface area contributed by atoms with Gasteiger partial charge in [0.1, 0.15) is 10.8 Å². The van der Waals surface area contributed by atoms with E-state index >= 15 is 0 Å². The molecule has 0 saturated carbocycles. The van der Waals surface area contributed by atoms with Crippen molar-refractivity contribution in [3.63, 3.8) is 0 Å². The van der Waals surface area contributed by atoms with Gasteiger partial charge in [-0.1, -0.05) is 44.2 Å². The molecular formula is C15H21N3OS. The number of methoxy groups -OCH3 is 1. The zero-order valence-corrected chi connectivity index (χ0v) is 13.3. The molecule has 108 valence electrons. The second-order valence-electron chi connectivity index (χ2n) is 5.69. The Hall–Kier alpha value is -1.62. The van der Waals surface area contributed by atoms with E-state index in [2.05, 4.69) is 48.4 Å². The number of ether oxygens (including phenoxy) is 1. The Labute approximate surface area is 124 Å². The third-order valence-electron chi connectivity index (χ3n) is 2.92. The molecule has 1 aromatic heterocycles. The van der Waals surface area contributed by atoms with Crippen molar-refractivity contribution in [2.24, 2.45) is 0 Å². The highest BCUT2D eigenvalue weighted by Crippen LogP contribution is 2.27. The molecule has 1 aromatic carbocycles. The fourth-order valence-electron chi connectivity index (χ4n) is 1.70. The summed E-state index contributed by atoms with van der Waals surface area (Å²) in [5, 5.41) is 13.7. The first-order valence-corrected chi connectivity index (χ1v) is 7.51. The number of nitrogens with one attached hydrogen (secondary N) is 1. The average molecular weight is 291 g/mol. The molecule has 0 unspecified atom stereocenters. The van der Waals surface area contributed by atoms with Gasteiger partial charge in [0, 0.05) is 12.0 Å². The van der Waals surface area contributed by atoms with E-state index in [1.165, 1.54) is 5.56 Å². The maximum atomic E-state index is 5.15. The molecule has 1 N–H and O–H groups in total. The molecule has 0 spiro atoms. The van der Waals surface area contributed by atoms with Crippen molar-refractivity contribution in [2.75, 3.05) is 19.0 Å². The van der Waals surface area contributed by atoms with Crippen LogP contribution < -0.4 is 10.1 Å². The van der Waals surface area contributed by atoms with Crippen LogP contribution >= 0.6 is 11.3 Å². The van der Waals surface area contributed by atoms with Crippen molar-refractivity contribution < 1.29 is 4.74 Å². The molecule has 0 saturated heterocycles. The molecule has 0 aliphatic heterocycles. The molecule has 4 nitrogen and oxygen atoms in total. The van der Waals surface area contributed by atoms with E-state index in [-0.39, 0.29) is 5.41 Å². The summed E-state index contributed by atoms with van der Waals surface area (Å²) in [4.78, 5) is 0. The van der Waals surface area contributed by atoms with Crippen molar-refractivity contribution >= 4 is 16.5 Å². The minimum absolute atomic E-state index is 0.0631. The Balaban J connectivity index is 1.84. The normalized spacial score (nSPS) is 11.4. The van der Waals surface area contributed by atoms with Crippen LogP contribution in [0.4, 0.5) is 5.13 Å². The van der Waals surface area contributed by atoms with Gasteiger partial charge in [0.2, 0.25) is 5.13 Å². The van der Waals surface area contributed by atoms with Crippen LogP contribution in [-0.4, -0.2) is 23.9 Å². The lowest BCUT2D eigenvalue weighted by Crippen LogP contribution is -2.10. The van der Waals surface area contributed by atoms with Crippen LogP contribution in [0.2, 0.25) is 0 Å². The molecule has 0 radical (unpaired) electrons. The van der Waals surface area contributed by atoms with Crippen LogP contribution in [0.5, 0.6) is 5.75 Å². The van der Waals surface area contributed by atoms with E-state index in [1.54, 1.807) is 18.4 Å². The van der Waals surface area contributed by atoms with Gasteiger partial charge in [-0.3, -0.25) is 0 Å². The quantitative estimate of drug-likeness (QED) is 0.916. The van der Waals surface area contributed by atoms with Crippen molar-refractivity contribution in [2.45, 2.75) is 32.6 Å². The van der Waals surface area contributed by atoms with Crippen molar-refractivity contribution in [3.05, 3.63) is 34.8 Å². The minimum Gasteiger partial charge on any atom is -0.497 e. The number of benzene rings is 1. The van der Waals surface area contributed by atoms with Crippen LogP contribution in [0.1, 0.15) is 31.3 Å². The third kappa shape index (κ3) is 3.93. The minimum atomic E-state index is 0.0631. The molecule has 0 bridgehead atoms. The lowest BCUT2D eigenvalue weighted by atomic mass is 9.98. The number of rotatable bonds is 5. The van der Waals surface area contributed by atoms with Gasteiger partial charge < -0.3 is 10.1 Å². The number of anilines is 1. The van der Waals surface area contributed by atoms with E-state index in [0.29, 0.717) is 0 Å². The van der Waals surface area contributed by atoms with Gasteiger partial charge in [-0.2, -0.15) is 0 Å². The van der Waals surface area contributed by atoms with E-state index in [4.69, 9.17) is 4.74 Å². The lowest BCUT2D eigenvalue weighted by Gasteiger charge is -2.12.